The molecule has 0 radical (unpaired) electrons. The van der Waals surface area contributed by atoms with E-state index in [0.29, 0.717) is 79.3 Å². The molecule has 5 aromatic carbocycles. The van der Waals surface area contributed by atoms with Crippen molar-refractivity contribution >= 4 is 192 Å². The summed E-state index contributed by atoms with van der Waals surface area (Å²) < 4.78 is 0.656. The summed E-state index contributed by atoms with van der Waals surface area (Å²) in [6.45, 7) is 2.39. The number of carbonyl (C=O) groups is 14. The highest BCUT2D eigenvalue weighted by Gasteiger charge is 2.46. The van der Waals surface area contributed by atoms with Crippen LogP contribution in [0.3, 0.4) is 0 Å². The number of H-pyrrole nitrogens is 2. The van der Waals surface area contributed by atoms with Crippen LogP contribution >= 0.6 is 23.4 Å². The predicted molar refractivity (Wildman–Crippen MR) is 430 cm³/mol. The van der Waals surface area contributed by atoms with Crippen LogP contribution in [0.1, 0.15) is 99.7 Å². The molecule has 2 unspecified atom stereocenters. The second-order valence-corrected chi connectivity index (χ2v) is 28.9. The topological polar surface area (TPSA) is 622 Å². The number of aromatic amines is 2. The zero-order valence-corrected chi connectivity index (χ0v) is 63.9. The van der Waals surface area contributed by atoms with Crippen molar-refractivity contribution < 1.29 is 92.1 Å². The number of alkyl halides is 1. The van der Waals surface area contributed by atoms with Crippen molar-refractivity contribution in [2.75, 3.05) is 51.3 Å². The molecule has 1 aliphatic carbocycles. The molecule has 42 heteroatoms. The molecule has 2 aliphatic heterocycles. The maximum Gasteiger partial charge on any atom is 0.408 e. The Morgan fingerprint density at radius 1 is 0.754 bits per heavy atom. The monoisotopic (exact) mass is 1650 g/mol. The van der Waals surface area contributed by atoms with E-state index >= 15 is 0 Å². The first-order valence-corrected chi connectivity index (χ1v) is 37.9. The van der Waals surface area contributed by atoms with Gasteiger partial charge in [-0.3, -0.25) is 58.3 Å². The number of carbonyl (C=O) groups excluding carboxylic acids is 10. The molecule has 0 saturated carbocycles. The number of amides is 11. The summed E-state index contributed by atoms with van der Waals surface area (Å²) >= 11 is 7.10. The molecule has 21 N–H and O–H groups in total. The summed E-state index contributed by atoms with van der Waals surface area (Å²) in [5.74, 6) is -15.8. The van der Waals surface area contributed by atoms with Gasteiger partial charge in [-0.25, -0.2) is 39.4 Å². The van der Waals surface area contributed by atoms with Crippen molar-refractivity contribution in [3.63, 3.8) is 0 Å². The van der Waals surface area contributed by atoms with Gasteiger partial charge in [-0.1, -0.05) is 34.9 Å². The average Bonchev–Trinajstić information content (AvgIpc) is 1.58. The number of nitrogens with two attached hydrogens (primary N) is 2. The Bertz CT molecular complexity index is 5600. The lowest BCUT2D eigenvalue weighted by atomic mass is 9.93. The average molecular weight is 1660 g/mol. The van der Waals surface area contributed by atoms with Crippen molar-refractivity contribution in [1.82, 2.24) is 62.2 Å². The summed E-state index contributed by atoms with van der Waals surface area (Å²) in [5, 5.41) is 74.6. The third-order valence-corrected chi connectivity index (χ3v) is 20.7. The molecule has 7 atom stereocenters. The molecular formula is C76H77ClN21O19S+. The molecule has 0 spiro atoms. The number of nitrogens with zero attached hydrogens (tertiary/aromatic N) is 6. The van der Waals surface area contributed by atoms with Gasteiger partial charge in [0.05, 0.1) is 31.3 Å². The first kappa shape index (κ1) is 84.4. The number of hydrogen-bond acceptors (Lipinski definition) is 23. The number of nitrogen functional groups attached to an aromatic ring is 1. The lowest BCUT2D eigenvalue weighted by Crippen LogP contribution is -2.58. The van der Waals surface area contributed by atoms with Crippen LogP contribution in [0.2, 0.25) is 0 Å². The Morgan fingerprint density at radius 2 is 1.42 bits per heavy atom. The highest BCUT2D eigenvalue weighted by molar-refractivity contribution is 8.00. The number of aromatic nitrogens is 5. The van der Waals surface area contributed by atoms with Crippen molar-refractivity contribution in [2.45, 2.75) is 106 Å². The quantitative estimate of drug-likeness (QED) is 0.00514. The van der Waals surface area contributed by atoms with E-state index < -0.39 is 163 Å². The minimum absolute atomic E-state index is 0.0133. The number of urea groups is 1. The second kappa shape index (κ2) is 37.6. The molecule has 8 aromatic rings. The number of carboxylic acids is 4. The normalized spacial score (nSPS) is 15.7. The number of thioether (sulfide) groups is 1. The lowest BCUT2D eigenvalue weighted by molar-refractivity contribution is -0.367. The van der Waals surface area contributed by atoms with Crippen molar-refractivity contribution in [3.8, 4) is 0 Å². The highest BCUT2D eigenvalue weighted by atomic mass is 35.5. The number of anilines is 5. The molecule has 40 nitrogen and oxygen atoms in total. The van der Waals surface area contributed by atoms with E-state index in [1.165, 1.54) is 30.5 Å². The number of carboxylic acid groups (broad SMARTS) is 4. The van der Waals surface area contributed by atoms with E-state index in [0.717, 1.165) is 45.6 Å². The van der Waals surface area contributed by atoms with E-state index in [2.05, 4.69) is 95.4 Å². The van der Waals surface area contributed by atoms with Gasteiger partial charge < -0.3 is 89.6 Å². The summed E-state index contributed by atoms with van der Waals surface area (Å²) in [4.78, 5) is 216. The van der Waals surface area contributed by atoms with Crippen LogP contribution in [-0.4, -0.2) is 212 Å². The number of halogens is 1. The zero-order chi connectivity index (χ0) is 84.8. The number of benzene rings is 5. The first-order valence-electron chi connectivity index (χ1n) is 36.3. The minimum Gasteiger partial charge on any atom is -0.481 e. The van der Waals surface area contributed by atoms with E-state index in [4.69, 9.17) is 28.5 Å². The standard InChI is InChI=1S/C76H76ClN21O19S/c1-35-21-55-61(47-6-3-2-5-46(35)47)41(30-77)33-98(55)70(111)53-26-39-25-43(14-15-48(39)88-53)86-65(106)40-22-37-10-13-44(24-38(37)23-40)87-76(117)96-84-19-20-97-58(100)29-56(71(97)112)118-34-54(73(115)116)93-68(109)52(28-60(103)104)92-66(107)49(7-4-18-81-74(78)79)90-67(108)51(27-59(101)102)89-57(99)17-16-50(72(113)114)91-64(105)36-8-11-42(12-9-36)82-31-45-32-83-63-62(85-45)69(110)95-75(80)94-63/h2-3,5-6,8-15,19-21,23-26,32,41,49-52,54,56H,4,7,16-18,22,27-31,33-34H2,1H3,(H20,78,79,80,81,82,83,84,85,86,87,88,89,90,91,92,93,94,95,96,99,101,102,103,104,105,106,107,108,109,110,111,113,114,115,116,117)/p+1/t41?,49-,50-,51-,52-,54-,56?/m0/s1. The van der Waals surface area contributed by atoms with Crippen molar-refractivity contribution in [2.24, 2.45) is 10.8 Å². The number of imide groups is 1. The van der Waals surface area contributed by atoms with Crippen LogP contribution in [0.15, 0.2) is 119 Å². The van der Waals surface area contributed by atoms with Gasteiger partial charge in [0, 0.05) is 88.3 Å². The second-order valence-electron chi connectivity index (χ2n) is 27.4. The summed E-state index contributed by atoms with van der Waals surface area (Å²) in [6.07, 6.45) is 0.546. The van der Waals surface area contributed by atoms with Crippen LogP contribution in [0.25, 0.3) is 38.9 Å². The Morgan fingerprint density at radius 3 is 2.13 bits per heavy atom. The highest BCUT2D eigenvalue weighted by Crippen LogP contribution is 2.44. The van der Waals surface area contributed by atoms with Crippen LogP contribution in [-0.2, 0) is 65.7 Å². The maximum absolute atomic E-state index is 14.2. The largest absolute Gasteiger partial charge is 0.481 e. The molecular weight excluding hydrogens is 1580 g/mol. The van der Waals surface area contributed by atoms with Crippen molar-refractivity contribution in [3.05, 3.63) is 158 Å². The molecule has 3 aliphatic rings. The van der Waals surface area contributed by atoms with E-state index in [1.54, 1.807) is 53.4 Å². The summed E-state index contributed by atoms with van der Waals surface area (Å²) in [5.41, 5.74) is 20.0. The molecule has 1 saturated heterocycles. The SMILES string of the molecule is Cc1cc2c(c3ccccc13)C(CCl)CN2C(=O)c1cc2cc(NC(=O)C3=Cc4cc(NC(=O)N/N=C/C=[N+]5C(=O)CC(SC[C@H](NC(=O)[C@H](CC(=O)O)NC(=O)[C@H](CCCNC(=N)N)NC(=O)[C@H](CC(=O)O)NC(=O)CC[C@H](NC(=O)c6ccc(NCc7cnc8nc(N)[nH]c(=O)c8n7)cc6)C(=O)O)C(=O)O)C5=O)ccc4C3)ccc2[nH]1. The number of nitrogens with one attached hydrogen (secondary N) is 13. The third-order valence-electron chi connectivity index (χ3n) is 19.0. The molecule has 5 heterocycles. The lowest BCUT2D eigenvalue weighted by Gasteiger charge is -2.25. The van der Waals surface area contributed by atoms with Gasteiger partial charge in [-0.05, 0) is 132 Å². The van der Waals surface area contributed by atoms with Gasteiger partial charge >= 0.3 is 41.7 Å². The fourth-order valence-corrected chi connectivity index (χ4v) is 14.7. The van der Waals surface area contributed by atoms with E-state index in [-0.39, 0.29) is 66.3 Å². The first-order chi connectivity index (χ1) is 56.4. The van der Waals surface area contributed by atoms with Crippen LogP contribution < -0.4 is 75.2 Å². The minimum atomic E-state index is -2.10. The molecule has 11 amide bonds. The smallest absolute Gasteiger partial charge is 0.408 e. The Kier molecular flexibility index (Phi) is 26.9. The van der Waals surface area contributed by atoms with Gasteiger partial charge in [-0.15, -0.1) is 23.4 Å². The predicted octanol–water partition coefficient (Wildman–Crippen LogP) is 2.06. The molecule has 612 valence electrons. The Labute approximate surface area is 675 Å². The fourth-order valence-electron chi connectivity index (χ4n) is 13.2. The number of aliphatic carboxylic acids is 4. The van der Waals surface area contributed by atoms with Gasteiger partial charge in [0.1, 0.15) is 53.8 Å². The third kappa shape index (κ3) is 21.1. The molecule has 11 rings (SSSR count). The Hall–Kier alpha value is -14.5. The molecule has 3 aromatic heterocycles. The number of hydrogen-bond donors (Lipinski definition) is 19. The van der Waals surface area contributed by atoms with Crippen LogP contribution in [0, 0.1) is 12.3 Å². The number of aryl methyl sites for hydroxylation is 1. The zero-order valence-electron chi connectivity index (χ0n) is 62.3. The van der Waals surface area contributed by atoms with Gasteiger partial charge in [0.15, 0.2) is 17.1 Å². The molecule has 0 bridgehead atoms. The number of fused-ring (bicyclic) bond motifs is 6. The van der Waals surface area contributed by atoms with E-state index in [9.17, 15) is 92.3 Å². The van der Waals surface area contributed by atoms with Crippen LogP contribution in [0.5, 0.6) is 0 Å². The molecule has 1 fully saturated rings. The summed E-state index contributed by atoms with van der Waals surface area (Å²) in [6, 6.07) is 17.4. The number of hydrazone groups is 1. The number of guanidine groups is 1. The maximum atomic E-state index is 14.2. The Balaban J connectivity index is 0.635. The fraction of sp³-hybridized carbons (Fsp3) is 0.276. The molecule has 118 heavy (non-hydrogen) atoms. The van der Waals surface area contributed by atoms with Crippen LogP contribution in [0.4, 0.5) is 33.5 Å². The summed E-state index contributed by atoms with van der Waals surface area (Å²) in [7, 11) is 0. The number of rotatable bonds is 35. The van der Waals surface area contributed by atoms with Gasteiger partial charge in [0.2, 0.25) is 35.8 Å². The van der Waals surface area contributed by atoms with Crippen molar-refractivity contribution in [1.29, 1.82) is 5.41 Å². The van der Waals surface area contributed by atoms with E-state index in [1.807, 2.05) is 25.1 Å². The van der Waals surface area contributed by atoms with Gasteiger partial charge in [-0.2, -0.15) is 10.1 Å². The van der Waals surface area contributed by atoms with Gasteiger partial charge in [0.25, 0.3) is 23.3 Å².